The second kappa shape index (κ2) is 7.28. The molecule has 3 rings (SSSR count). The molecule has 0 aromatic heterocycles. The van der Waals surface area contributed by atoms with Gasteiger partial charge in [0.2, 0.25) is 0 Å². The molecule has 0 spiro atoms. The quantitative estimate of drug-likeness (QED) is 0.819. The predicted octanol–water partition coefficient (Wildman–Crippen LogP) is 5.07. The lowest BCUT2D eigenvalue weighted by atomic mass is 9.85. The van der Waals surface area contributed by atoms with Gasteiger partial charge in [0, 0.05) is 18.4 Å². The highest BCUT2D eigenvalue weighted by molar-refractivity contribution is 5.91. The average Bonchev–Trinajstić information content (AvgIpc) is 2.69. The Bertz CT molecular complexity index is 810. The summed E-state index contributed by atoms with van der Waals surface area (Å²) in [6.07, 6.45) is 3.72. The van der Waals surface area contributed by atoms with Gasteiger partial charge in [-0.2, -0.15) is 0 Å². The molecule has 1 aromatic carbocycles. The van der Waals surface area contributed by atoms with Crippen LogP contribution in [0.5, 0.6) is 0 Å². The van der Waals surface area contributed by atoms with Crippen molar-refractivity contribution in [1.29, 1.82) is 0 Å². The van der Waals surface area contributed by atoms with E-state index in [9.17, 15) is 18.7 Å². The van der Waals surface area contributed by atoms with Gasteiger partial charge in [-0.25, -0.2) is 8.78 Å². The maximum atomic E-state index is 13.6. The Kier molecular flexibility index (Phi) is 5.24. The summed E-state index contributed by atoms with van der Waals surface area (Å²) >= 11 is 0. The van der Waals surface area contributed by atoms with Crippen LogP contribution in [-0.2, 0) is 4.79 Å². The zero-order valence-corrected chi connectivity index (χ0v) is 15.4. The zero-order valence-electron chi connectivity index (χ0n) is 15.4. The van der Waals surface area contributed by atoms with Crippen molar-refractivity contribution < 1.29 is 18.7 Å². The summed E-state index contributed by atoms with van der Waals surface area (Å²) in [5, 5.41) is 10.6. The van der Waals surface area contributed by atoms with Crippen molar-refractivity contribution in [2.75, 3.05) is 0 Å². The number of Topliss-reactive ketones (excluding diaryl/α,β-unsaturated/α-hetero) is 1. The maximum Gasteiger partial charge on any atom is 0.146 e. The van der Waals surface area contributed by atoms with Crippen molar-refractivity contribution in [3.63, 3.8) is 0 Å². The van der Waals surface area contributed by atoms with E-state index in [4.69, 9.17) is 0 Å². The predicted molar refractivity (Wildman–Crippen MR) is 98.2 cm³/mol. The molecule has 1 N–H and O–H groups in total. The van der Waals surface area contributed by atoms with Gasteiger partial charge in [0.1, 0.15) is 17.4 Å². The molecule has 26 heavy (non-hydrogen) atoms. The van der Waals surface area contributed by atoms with Gasteiger partial charge in [-0.1, -0.05) is 23.8 Å². The van der Waals surface area contributed by atoms with Gasteiger partial charge in [-0.15, -0.1) is 0 Å². The normalized spacial score (nSPS) is 26.3. The van der Waals surface area contributed by atoms with Gasteiger partial charge in [0.15, 0.2) is 0 Å². The van der Waals surface area contributed by atoms with Gasteiger partial charge in [-0.3, -0.25) is 4.79 Å². The zero-order chi connectivity index (χ0) is 19.0. The van der Waals surface area contributed by atoms with Crippen molar-refractivity contribution in [2.45, 2.75) is 52.1 Å². The number of ketones is 1. The number of hydrogen-bond donors (Lipinski definition) is 1. The molecule has 3 atom stereocenters. The van der Waals surface area contributed by atoms with Crippen molar-refractivity contribution in [2.24, 2.45) is 5.92 Å². The van der Waals surface area contributed by atoms with E-state index in [-0.39, 0.29) is 18.1 Å². The van der Waals surface area contributed by atoms with E-state index in [1.54, 1.807) is 6.08 Å². The Morgan fingerprint density at radius 2 is 1.77 bits per heavy atom. The van der Waals surface area contributed by atoms with Gasteiger partial charge in [-0.05, 0) is 62.0 Å². The summed E-state index contributed by atoms with van der Waals surface area (Å²) in [5.74, 6) is -2.11. The Hall–Kier alpha value is -2.07. The minimum Gasteiger partial charge on any atom is -0.392 e. The van der Waals surface area contributed by atoms with Crippen molar-refractivity contribution in [1.82, 2.24) is 0 Å². The highest BCUT2D eigenvalue weighted by Crippen LogP contribution is 2.41. The molecule has 0 heterocycles. The molecule has 2 aliphatic rings. The standard InChI is InChI=1S/C22H24F2O2/c1-12-6-13(2)20(14(3)7-12)21-19(25)10-16(22(21)26)8-15-4-5-17(23)11-18(24)9-15/h4,6-7,9,11,16,19,21,25H,5,8,10H2,1-3H3. The largest absolute Gasteiger partial charge is 0.392 e. The van der Waals surface area contributed by atoms with Gasteiger partial charge >= 0.3 is 0 Å². The summed E-state index contributed by atoms with van der Waals surface area (Å²) < 4.78 is 27.0. The minimum atomic E-state index is -0.748. The van der Waals surface area contributed by atoms with Crippen molar-refractivity contribution in [3.05, 3.63) is 69.8 Å². The van der Waals surface area contributed by atoms with Gasteiger partial charge < -0.3 is 5.11 Å². The minimum absolute atomic E-state index is 0.0139. The Labute approximate surface area is 152 Å². The van der Waals surface area contributed by atoms with Crippen molar-refractivity contribution in [3.8, 4) is 0 Å². The number of allylic oxidation sites excluding steroid dienone is 6. The van der Waals surface area contributed by atoms with E-state index in [1.165, 1.54) is 6.08 Å². The third-order valence-electron chi connectivity index (χ3n) is 5.33. The van der Waals surface area contributed by atoms with Crippen molar-refractivity contribution >= 4 is 5.78 Å². The number of hydrogen-bond acceptors (Lipinski definition) is 2. The average molecular weight is 358 g/mol. The Morgan fingerprint density at radius 3 is 2.42 bits per heavy atom. The van der Waals surface area contributed by atoms with Crippen LogP contribution in [0.25, 0.3) is 0 Å². The maximum absolute atomic E-state index is 13.6. The number of aliphatic hydroxyl groups is 1. The van der Waals surface area contributed by atoms with Crippen LogP contribution in [0, 0.1) is 26.7 Å². The SMILES string of the molecule is Cc1cc(C)c(C2C(=O)C(CC3=CCC(F)=CC(F)=C3)CC2O)c(C)c1. The molecule has 2 aliphatic carbocycles. The molecule has 4 heteroatoms. The molecule has 0 bridgehead atoms. The number of halogens is 2. The molecule has 0 amide bonds. The van der Waals surface area contributed by atoms with E-state index >= 15 is 0 Å². The van der Waals surface area contributed by atoms with E-state index in [2.05, 4.69) is 0 Å². The van der Waals surface area contributed by atoms with E-state index in [1.807, 2.05) is 32.9 Å². The van der Waals surface area contributed by atoms with Crippen LogP contribution in [0.3, 0.4) is 0 Å². The number of rotatable bonds is 3. The molecule has 2 nitrogen and oxygen atoms in total. The monoisotopic (exact) mass is 358 g/mol. The molecule has 0 radical (unpaired) electrons. The van der Waals surface area contributed by atoms with Crippen LogP contribution in [0.4, 0.5) is 8.78 Å². The third-order valence-corrected chi connectivity index (χ3v) is 5.33. The first-order valence-electron chi connectivity index (χ1n) is 8.98. The lowest BCUT2D eigenvalue weighted by Crippen LogP contribution is -2.20. The molecule has 1 fully saturated rings. The van der Waals surface area contributed by atoms with Gasteiger partial charge in [0.05, 0.1) is 12.0 Å². The smallest absolute Gasteiger partial charge is 0.146 e. The summed E-state index contributed by atoms with van der Waals surface area (Å²) in [5.41, 5.74) is 4.65. The van der Waals surface area contributed by atoms with Crippen LogP contribution in [0.15, 0.2) is 47.6 Å². The molecule has 138 valence electrons. The molecule has 0 saturated heterocycles. The number of carbonyl (C=O) groups is 1. The van der Waals surface area contributed by atoms with Crippen LogP contribution >= 0.6 is 0 Å². The fraction of sp³-hybridized carbons (Fsp3) is 0.409. The van der Waals surface area contributed by atoms with Crippen LogP contribution < -0.4 is 0 Å². The number of aliphatic hydroxyl groups excluding tert-OH is 1. The fourth-order valence-electron chi connectivity index (χ4n) is 4.33. The van der Waals surface area contributed by atoms with Crippen LogP contribution in [0.2, 0.25) is 0 Å². The summed E-state index contributed by atoms with van der Waals surface area (Å²) in [7, 11) is 0. The molecular weight excluding hydrogens is 334 g/mol. The lowest BCUT2D eigenvalue weighted by Gasteiger charge is -2.20. The number of aryl methyl sites for hydroxylation is 3. The number of benzene rings is 1. The molecular formula is C22H24F2O2. The highest BCUT2D eigenvalue weighted by Gasteiger charge is 2.43. The second-order valence-electron chi connectivity index (χ2n) is 7.50. The van der Waals surface area contributed by atoms with Gasteiger partial charge in [0.25, 0.3) is 0 Å². The second-order valence-corrected chi connectivity index (χ2v) is 7.50. The first-order chi connectivity index (χ1) is 12.3. The number of carbonyl (C=O) groups excluding carboxylic acids is 1. The van der Waals surface area contributed by atoms with E-state index < -0.39 is 23.7 Å². The third kappa shape index (κ3) is 3.70. The van der Waals surface area contributed by atoms with Crippen LogP contribution in [-0.4, -0.2) is 17.0 Å². The van der Waals surface area contributed by atoms with Crippen LogP contribution in [0.1, 0.15) is 47.4 Å². The van der Waals surface area contributed by atoms with E-state index in [0.29, 0.717) is 18.4 Å². The first-order valence-corrected chi connectivity index (χ1v) is 8.98. The first kappa shape index (κ1) is 18.7. The summed E-state index contributed by atoms with van der Waals surface area (Å²) in [6, 6.07) is 4.05. The van der Waals surface area contributed by atoms with E-state index in [0.717, 1.165) is 28.3 Å². The lowest BCUT2D eigenvalue weighted by molar-refractivity contribution is -0.122. The topological polar surface area (TPSA) is 37.3 Å². The summed E-state index contributed by atoms with van der Waals surface area (Å²) in [6.45, 7) is 5.93. The Morgan fingerprint density at radius 1 is 1.12 bits per heavy atom. The molecule has 0 aliphatic heterocycles. The summed E-state index contributed by atoms with van der Waals surface area (Å²) in [4.78, 5) is 13.0. The molecule has 1 aromatic rings. The highest BCUT2D eigenvalue weighted by atomic mass is 19.1. The fourth-order valence-corrected chi connectivity index (χ4v) is 4.33. The molecule has 3 unspecified atom stereocenters. The Balaban J connectivity index is 1.84. The molecule has 1 saturated carbocycles.